The molecule has 0 radical (unpaired) electrons. The van der Waals surface area contributed by atoms with E-state index in [0.29, 0.717) is 5.69 Å². The van der Waals surface area contributed by atoms with Crippen molar-refractivity contribution in [3.63, 3.8) is 0 Å². The molecule has 0 aliphatic carbocycles. The van der Waals surface area contributed by atoms with Crippen molar-refractivity contribution in [1.82, 2.24) is 4.98 Å². The highest BCUT2D eigenvalue weighted by molar-refractivity contribution is 6.31. The maximum atomic E-state index is 13.4. The van der Waals surface area contributed by atoms with Crippen molar-refractivity contribution in [3.05, 3.63) is 46.6 Å². The van der Waals surface area contributed by atoms with Crippen molar-refractivity contribution < 1.29 is 13.6 Å². The summed E-state index contributed by atoms with van der Waals surface area (Å²) >= 11 is 5.68. The third-order valence-corrected chi connectivity index (χ3v) is 2.25. The number of oxazole rings is 1. The van der Waals surface area contributed by atoms with Gasteiger partial charge in [0.2, 0.25) is 0 Å². The molecule has 0 unspecified atom stereocenters. The lowest BCUT2D eigenvalue weighted by Gasteiger charge is -2.02. The highest BCUT2D eigenvalue weighted by Crippen LogP contribution is 2.16. The molecule has 4 nitrogen and oxygen atoms in total. The predicted molar refractivity (Wildman–Crippen MR) is 60.6 cm³/mol. The van der Waals surface area contributed by atoms with Crippen LogP contribution in [-0.4, -0.2) is 10.9 Å². The van der Waals surface area contributed by atoms with Crippen LogP contribution < -0.4 is 5.32 Å². The summed E-state index contributed by atoms with van der Waals surface area (Å²) < 4.78 is 18.3. The monoisotopic (exact) mass is 254 g/mol. The first kappa shape index (κ1) is 11.6. The molecule has 1 aromatic heterocycles. The molecule has 1 aromatic carbocycles. The molecule has 88 valence electrons. The highest BCUT2D eigenvalue weighted by Gasteiger charge is 2.14. The number of rotatable bonds is 2. The van der Waals surface area contributed by atoms with Crippen molar-refractivity contribution in [2.75, 3.05) is 5.32 Å². The second-order valence-electron chi connectivity index (χ2n) is 3.37. The number of aromatic nitrogens is 1. The number of anilines is 1. The summed E-state index contributed by atoms with van der Waals surface area (Å²) in [5.41, 5.74) is 0.459. The summed E-state index contributed by atoms with van der Waals surface area (Å²) in [5.74, 6) is -1.32. The van der Waals surface area contributed by atoms with E-state index in [-0.39, 0.29) is 16.6 Å². The van der Waals surface area contributed by atoms with Crippen LogP contribution in [0.1, 0.15) is 16.1 Å². The van der Waals surface area contributed by atoms with Crippen LogP contribution >= 0.6 is 11.6 Å². The first-order valence-corrected chi connectivity index (χ1v) is 5.12. The average molecular weight is 255 g/mol. The minimum absolute atomic E-state index is 0.0203. The molecule has 0 aliphatic rings. The molecule has 0 atom stereocenters. The Kier molecular flexibility index (Phi) is 3.10. The normalized spacial score (nSPS) is 10.3. The average Bonchev–Trinajstić information content (AvgIpc) is 2.67. The van der Waals surface area contributed by atoms with E-state index in [9.17, 15) is 9.18 Å². The lowest BCUT2D eigenvalue weighted by molar-refractivity contribution is 0.102. The topological polar surface area (TPSA) is 55.1 Å². The molecule has 2 rings (SSSR count). The van der Waals surface area contributed by atoms with E-state index in [1.165, 1.54) is 18.4 Å². The van der Waals surface area contributed by atoms with Gasteiger partial charge in [0.1, 0.15) is 12.1 Å². The van der Waals surface area contributed by atoms with Gasteiger partial charge < -0.3 is 4.42 Å². The summed E-state index contributed by atoms with van der Waals surface area (Å²) in [6.07, 6.45) is 1.38. The number of amides is 1. The van der Waals surface area contributed by atoms with E-state index in [2.05, 4.69) is 10.3 Å². The van der Waals surface area contributed by atoms with Gasteiger partial charge in [0.25, 0.3) is 5.91 Å². The molecule has 2 aromatic rings. The predicted octanol–water partition coefficient (Wildman–Crippen LogP) is 3.03. The maximum Gasteiger partial charge on any atom is 0.301 e. The largest absolute Gasteiger partial charge is 0.432 e. The zero-order chi connectivity index (χ0) is 12.4. The Morgan fingerprint density at radius 1 is 1.53 bits per heavy atom. The number of halogens is 2. The smallest absolute Gasteiger partial charge is 0.301 e. The Hall–Kier alpha value is -1.88. The van der Waals surface area contributed by atoms with Gasteiger partial charge in [-0.3, -0.25) is 10.1 Å². The molecule has 0 saturated carbocycles. The maximum absolute atomic E-state index is 13.4. The number of aryl methyl sites for hydroxylation is 1. The molecular weight excluding hydrogens is 247 g/mol. The SMILES string of the molecule is Cc1coc(NC(=O)c2cc(Cl)ccc2F)n1. The Bertz CT molecular complexity index is 568. The number of hydrogen-bond acceptors (Lipinski definition) is 3. The summed E-state index contributed by atoms with van der Waals surface area (Å²) in [5, 5.41) is 2.61. The van der Waals surface area contributed by atoms with Crippen LogP contribution in [0.3, 0.4) is 0 Å². The van der Waals surface area contributed by atoms with Gasteiger partial charge in [-0.15, -0.1) is 0 Å². The zero-order valence-corrected chi connectivity index (χ0v) is 9.58. The second kappa shape index (κ2) is 4.55. The second-order valence-corrected chi connectivity index (χ2v) is 3.81. The Morgan fingerprint density at radius 2 is 2.29 bits per heavy atom. The number of nitrogens with one attached hydrogen (secondary N) is 1. The molecule has 1 N–H and O–H groups in total. The molecule has 17 heavy (non-hydrogen) atoms. The molecular formula is C11H8ClFN2O2. The molecule has 1 amide bonds. The molecule has 0 saturated heterocycles. The molecule has 0 aliphatic heterocycles. The first-order chi connectivity index (χ1) is 8.06. The van der Waals surface area contributed by atoms with E-state index < -0.39 is 11.7 Å². The minimum atomic E-state index is -0.660. The minimum Gasteiger partial charge on any atom is -0.432 e. The first-order valence-electron chi connectivity index (χ1n) is 4.75. The van der Waals surface area contributed by atoms with Gasteiger partial charge in [-0.25, -0.2) is 4.39 Å². The third kappa shape index (κ3) is 2.62. The fourth-order valence-corrected chi connectivity index (χ4v) is 1.42. The molecule has 0 bridgehead atoms. The van der Waals surface area contributed by atoms with E-state index in [0.717, 1.165) is 6.07 Å². The summed E-state index contributed by atoms with van der Waals surface area (Å²) in [6, 6.07) is 3.75. The number of benzene rings is 1. The van der Waals surface area contributed by atoms with Crippen LogP contribution in [0.25, 0.3) is 0 Å². The van der Waals surface area contributed by atoms with Crippen LogP contribution in [0.4, 0.5) is 10.4 Å². The molecule has 0 fully saturated rings. The summed E-state index contributed by atoms with van der Waals surface area (Å²) in [7, 11) is 0. The van der Waals surface area contributed by atoms with Crippen LogP contribution in [0, 0.1) is 12.7 Å². The lowest BCUT2D eigenvalue weighted by Crippen LogP contribution is -2.14. The standard InChI is InChI=1S/C11H8ClFN2O2/c1-6-5-17-11(14-6)15-10(16)8-4-7(12)2-3-9(8)13/h2-5H,1H3,(H,14,15,16). The quantitative estimate of drug-likeness (QED) is 0.896. The van der Waals surface area contributed by atoms with Crippen LogP contribution in [0.5, 0.6) is 0 Å². The summed E-state index contributed by atoms with van der Waals surface area (Å²) in [4.78, 5) is 15.6. The van der Waals surface area contributed by atoms with Gasteiger partial charge in [-0.1, -0.05) is 11.6 Å². The number of carbonyl (C=O) groups is 1. The summed E-state index contributed by atoms with van der Waals surface area (Å²) in [6.45, 7) is 1.71. The van der Waals surface area contributed by atoms with Gasteiger partial charge in [-0.05, 0) is 25.1 Å². The van der Waals surface area contributed by atoms with Gasteiger partial charge in [0.15, 0.2) is 0 Å². The Balaban J connectivity index is 2.22. The third-order valence-electron chi connectivity index (χ3n) is 2.01. The number of nitrogens with zero attached hydrogens (tertiary/aromatic N) is 1. The van der Waals surface area contributed by atoms with Gasteiger partial charge >= 0.3 is 6.01 Å². The van der Waals surface area contributed by atoms with Crippen molar-refractivity contribution in [3.8, 4) is 0 Å². The highest BCUT2D eigenvalue weighted by atomic mass is 35.5. The van der Waals surface area contributed by atoms with E-state index >= 15 is 0 Å². The molecule has 1 heterocycles. The van der Waals surface area contributed by atoms with Crippen LogP contribution in [0.2, 0.25) is 5.02 Å². The molecule has 6 heteroatoms. The molecule has 0 spiro atoms. The van der Waals surface area contributed by atoms with E-state index in [1.54, 1.807) is 6.92 Å². The van der Waals surface area contributed by atoms with Gasteiger partial charge in [0, 0.05) is 5.02 Å². The Morgan fingerprint density at radius 3 is 2.94 bits per heavy atom. The van der Waals surface area contributed by atoms with Crippen LogP contribution in [0.15, 0.2) is 28.9 Å². The zero-order valence-electron chi connectivity index (χ0n) is 8.83. The fraction of sp³-hybridized carbons (Fsp3) is 0.0909. The Labute approximate surface area is 101 Å². The van der Waals surface area contributed by atoms with Crippen molar-refractivity contribution in [2.45, 2.75) is 6.92 Å². The van der Waals surface area contributed by atoms with Crippen LogP contribution in [-0.2, 0) is 0 Å². The van der Waals surface area contributed by atoms with E-state index in [4.69, 9.17) is 16.0 Å². The van der Waals surface area contributed by atoms with E-state index in [1.807, 2.05) is 0 Å². The van der Waals surface area contributed by atoms with Crippen molar-refractivity contribution >= 4 is 23.5 Å². The van der Waals surface area contributed by atoms with Crippen molar-refractivity contribution in [1.29, 1.82) is 0 Å². The fourth-order valence-electron chi connectivity index (χ4n) is 1.25. The number of hydrogen-bond donors (Lipinski definition) is 1. The van der Waals surface area contributed by atoms with Gasteiger partial charge in [-0.2, -0.15) is 4.98 Å². The van der Waals surface area contributed by atoms with Gasteiger partial charge in [0.05, 0.1) is 11.3 Å². The lowest BCUT2D eigenvalue weighted by atomic mass is 10.2. The van der Waals surface area contributed by atoms with Crippen molar-refractivity contribution in [2.24, 2.45) is 0 Å². The number of carbonyl (C=O) groups excluding carboxylic acids is 1.